The van der Waals surface area contributed by atoms with E-state index in [9.17, 15) is 4.79 Å². The van der Waals surface area contributed by atoms with Gasteiger partial charge < -0.3 is 10.2 Å². The average Bonchev–Trinajstić information content (AvgIpc) is 3.20. The van der Waals surface area contributed by atoms with Gasteiger partial charge >= 0.3 is 0 Å². The van der Waals surface area contributed by atoms with Gasteiger partial charge in [-0.2, -0.15) is 0 Å². The third kappa shape index (κ3) is 3.35. The van der Waals surface area contributed by atoms with Crippen LogP contribution in [0.5, 0.6) is 0 Å². The number of aromatic nitrogens is 3. The van der Waals surface area contributed by atoms with Gasteiger partial charge in [-0.05, 0) is 41.4 Å². The number of amides is 1. The van der Waals surface area contributed by atoms with E-state index >= 15 is 0 Å². The van der Waals surface area contributed by atoms with Gasteiger partial charge in [-0.1, -0.05) is 36.4 Å². The van der Waals surface area contributed by atoms with Gasteiger partial charge in [-0.3, -0.25) is 14.2 Å². The highest BCUT2D eigenvalue weighted by Crippen LogP contribution is 2.31. The normalized spacial score (nSPS) is 14.8. The Labute approximate surface area is 174 Å². The molecule has 0 unspecified atom stereocenters. The van der Waals surface area contributed by atoms with Gasteiger partial charge in [0, 0.05) is 31.0 Å². The predicted molar refractivity (Wildman–Crippen MR) is 118 cm³/mol. The number of nitrogens with one attached hydrogen (secondary N) is 1. The lowest BCUT2D eigenvalue weighted by molar-refractivity contribution is 0.0952. The summed E-state index contributed by atoms with van der Waals surface area (Å²) < 4.78 is 1.93. The van der Waals surface area contributed by atoms with Crippen LogP contribution in [0.25, 0.3) is 22.0 Å². The number of fused-ring (bicyclic) bond motifs is 2. The first-order valence-electron chi connectivity index (χ1n) is 10.1. The van der Waals surface area contributed by atoms with Crippen molar-refractivity contribution in [2.45, 2.75) is 13.0 Å². The van der Waals surface area contributed by atoms with E-state index in [4.69, 9.17) is 0 Å². The molecule has 150 valence electrons. The minimum absolute atomic E-state index is 0.0842. The highest BCUT2D eigenvalue weighted by atomic mass is 16.1. The van der Waals surface area contributed by atoms with Crippen LogP contribution in [0.2, 0.25) is 0 Å². The van der Waals surface area contributed by atoms with Crippen LogP contribution in [-0.2, 0) is 6.54 Å². The zero-order valence-corrected chi connectivity index (χ0v) is 16.9. The number of hydrogen-bond donors (Lipinski definition) is 1. The Morgan fingerprint density at radius 2 is 2.00 bits per heavy atom. The monoisotopic (exact) mass is 397 g/mol. The number of carbonyl (C=O) groups excluding carboxylic acids is 1. The standard InChI is InChI=1S/C24H23N5O/c1-28-11-8-17(9-12-28)19-6-7-22(21-5-3-2-4-20(19)21)24(30)27-15-18-14-26-23-16-25-10-13-29(18)23/h2-8,10,13-14,16H,9,11-12,15H2,1H3,(H,27,30). The summed E-state index contributed by atoms with van der Waals surface area (Å²) >= 11 is 0. The van der Waals surface area contributed by atoms with Crippen molar-refractivity contribution in [3.8, 4) is 0 Å². The van der Waals surface area contributed by atoms with Crippen LogP contribution in [0.4, 0.5) is 0 Å². The van der Waals surface area contributed by atoms with E-state index in [0.29, 0.717) is 12.1 Å². The van der Waals surface area contributed by atoms with Crippen molar-refractivity contribution in [1.82, 2.24) is 24.6 Å². The summed E-state index contributed by atoms with van der Waals surface area (Å²) in [7, 11) is 2.14. The van der Waals surface area contributed by atoms with Crippen LogP contribution in [0.1, 0.15) is 28.0 Å². The number of nitrogens with zero attached hydrogens (tertiary/aromatic N) is 4. The van der Waals surface area contributed by atoms with Crippen LogP contribution in [0.3, 0.4) is 0 Å². The molecule has 2 aromatic heterocycles. The van der Waals surface area contributed by atoms with Gasteiger partial charge in [0.25, 0.3) is 5.91 Å². The second-order valence-corrected chi connectivity index (χ2v) is 7.68. The van der Waals surface area contributed by atoms with Crippen LogP contribution in [0.15, 0.2) is 67.3 Å². The smallest absolute Gasteiger partial charge is 0.252 e. The first-order chi connectivity index (χ1) is 14.7. The maximum atomic E-state index is 13.0. The minimum atomic E-state index is -0.0842. The second-order valence-electron chi connectivity index (χ2n) is 7.68. The number of carbonyl (C=O) groups is 1. The number of benzene rings is 2. The molecule has 1 aliphatic heterocycles. The zero-order chi connectivity index (χ0) is 20.5. The molecule has 5 rings (SSSR count). The average molecular weight is 397 g/mol. The molecule has 4 aromatic rings. The van der Waals surface area contributed by atoms with Gasteiger partial charge in [0.2, 0.25) is 0 Å². The van der Waals surface area contributed by atoms with Gasteiger partial charge in [0.05, 0.1) is 24.6 Å². The first-order valence-corrected chi connectivity index (χ1v) is 10.1. The number of rotatable bonds is 4. The van der Waals surface area contributed by atoms with Gasteiger partial charge in [-0.25, -0.2) is 4.98 Å². The van der Waals surface area contributed by atoms with Crippen LogP contribution < -0.4 is 5.32 Å². The maximum Gasteiger partial charge on any atom is 0.252 e. The van der Waals surface area contributed by atoms with Crippen molar-refractivity contribution in [1.29, 1.82) is 0 Å². The Bertz CT molecular complexity index is 1270. The molecule has 6 heteroatoms. The molecule has 0 bridgehead atoms. The second kappa shape index (κ2) is 7.72. The summed E-state index contributed by atoms with van der Waals surface area (Å²) in [6, 6.07) is 12.2. The van der Waals surface area contributed by atoms with E-state index in [2.05, 4.69) is 45.4 Å². The lowest BCUT2D eigenvalue weighted by Crippen LogP contribution is -2.24. The van der Waals surface area contributed by atoms with E-state index < -0.39 is 0 Å². The molecule has 1 amide bonds. The summed E-state index contributed by atoms with van der Waals surface area (Å²) in [4.78, 5) is 23.8. The number of hydrogen-bond acceptors (Lipinski definition) is 4. The molecule has 0 fully saturated rings. The molecule has 0 aliphatic carbocycles. The molecular weight excluding hydrogens is 374 g/mol. The van der Waals surface area contributed by atoms with Crippen molar-refractivity contribution < 1.29 is 4.79 Å². The minimum Gasteiger partial charge on any atom is -0.346 e. The molecule has 1 aliphatic rings. The Balaban J connectivity index is 1.44. The molecule has 0 radical (unpaired) electrons. The molecule has 0 saturated heterocycles. The fourth-order valence-electron chi connectivity index (χ4n) is 4.08. The molecule has 30 heavy (non-hydrogen) atoms. The molecule has 0 saturated carbocycles. The topological polar surface area (TPSA) is 62.5 Å². The fourth-order valence-corrected chi connectivity index (χ4v) is 4.08. The van der Waals surface area contributed by atoms with Crippen LogP contribution in [0, 0.1) is 0 Å². The summed E-state index contributed by atoms with van der Waals surface area (Å²) in [5, 5.41) is 5.16. The van der Waals surface area contributed by atoms with Crippen molar-refractivity contribution in [3.05, 3.63) is 84.1 Å². The Kier molecular flexibility index (Phi) is 4.77. The fraction of sp³-hybridized carbons (Fsp3) is 0.208. The van der Waals surface area contributed by atoms with Crippen molar-refractivity contribution in [2.24, 2.45) is 0 Å². The Morgan fingerprint density at radius 1 is 1.13 bits per heavy atom. The SMILES string of the molecule is CN1CC=C(c2ccc(C(=O)NCc3cnc4cnccn34)c3ccccc23)CC1. The zero-order valence-electron chi connectivity index (χ0n) is 16.9. The van der Waals surface area contributed by atoms with E-state index in [-0.39, 0.29) is 5.91 Å². The highest BCUT2D eigenvalue weighted by molar-refractivity contribution is 6.09. The summed E-state index contributed by atoms with van der Waals surface area (Å²) in [6.07, 6.45) is 10.4. The molecule has 6 nitrogen and oxygen atoms in total. The number of likely N-dealkylation sites (N-methyl/N-ethyl adjacent to an activating group) is 1. The first kappa shape index (κ1) is 18.5. The molecule has 0 spiro atoms. The van der Waals surface area contributed by atoms with E-state index in [1.165, 1.54) is 11.1 Å². The Hall–Kier alpha value is -3.51. The highest BCUT2D eigenvalue weighted by Gasteiger charge is 2.16. The Morgan fingerprint density at radius 3 is 2.83 bits per heavy atom. The molecule has 2 aromatic carbocycles. The third-order valence-corrected chi connectivity index (χ3v) is 5.75. The summed E-state index contributed by atoms with van der Waals surface area (Å²) in [5.41, 5.74) is 4.96. The van der Waals surface area contributed by atoms with E-state index in [1.807, 2.05) is 34.9 Å². The van der Waals surface area contributed by atoms with E-state index in [1.54, 1.807) is 18.6 Å². The van der Waals surface area contributed by atoms with Crippen molar-refractivity contribution >= 4 is 27.9 Å². The molecule has 0 atom stereocenters. The largest absolute Gasteiger partial charge is 0.346 e. The number of imidazole rings is 1. The summed E-state index contributed by atoms with van der Waals surface area (Å²) in [5.74, 6) is -0.0842. The van der Waals surface area contributed by atoms with Gasteiger partial charge in [-0.15, -0.1) is 0 Å². The van der Waals surface area contributed by atoms with Crippen LogP contribution in [-0.4, -0.2) is 45.3 Å². The lowest BCUT2D eigenvalue weighted by atomic mass is 9.92. The lowest BCUT2D eigenvalue weighted by Gasteiger charge is -2.23. The quantitative estimate of drug-likeness (QED) is 0.572. The summed E-state index contributed by atoms with van der Waals surface area (Å²) in [6.45, 7) is 2.41. The van der Waals surface area contributed by atoms with Gasteiger partial charge in [0.1, 0.15) is 0 Å². The molecule has 1 N–H and O–H groups in total. The van der Waals surface area contributed by atoms with Crippen LogP contribution >= 0.6 is 0 Å². The molecular formula is C24H23N5O. The maximum absolute atomic E-state index is 13.0. The third-order valence-electron chi connectivity index (χ3n) is 5.75. The van der Waals surface area contributed by atoms with Gasteiger partial charge in [0.15, 0.2) is 5.65 Å². The molecule has 3 heterocycles. The van der Waals surface area contributed by atoms with E-state index in [0.717, 1.165) is 41.6 Å². The van der Waals surface area contributed by atoms with Crippen molar-refractivity contribution in [2.75, 3.05) is 20.1 Å². The van der Waals surface area contributed by atoms with Crippen molar-refractivity contribution in [3.63, 3.8) is 0 Å². The predicted octanol–water partition coefficient (Wildman–Crippen LogP) is 3.53.